The molecule has 0 amide bonds. The molecule has 0 aliphatic heterocycles. The van der Waals surface area contributed by atoms with E-state index in [1.165, 1.54) is 6.33 Å². The van der Waals surface area contributed by atoms with E-state index in [1.807, 2.05) is 6.92 Å². The minimum atomic E-state index is -0.430. The van der Waals surface area contributed by atoms with Crippen LogP contribution in [-0.4, -0.2) is 19.9 Å². The lowest BCUT2D eigenvalue weighted by Gasteiger charge is -2.12. The predicted molar refractivity (Wildman–Crippen MR) is 57.4 cm³/mol. The van der Waals surface area contributed by atoms with Crippen LogP contribution in [0.2, 0.25) is 0 Å². The van der Waals surface area contributed by atoms with Crippen LogP contribution in [0.25, 0.3) is 0 Å². The van der Waals surface area contributed by atoms with Gasteiger partial charge in [0.1, 0.15) is 12.2 Å². The molecular weight excluding hydrogens is 209 g/mol. The number of anilines is 1. The van der Waals surface area contributed by atoms with Gasteiger partial charge in [-0.2, -0.15) is 0 Å². The molecule has 6 heteroatoms. The highest BCUT2D eigenvalue weighted by Gasteiger charge is 2.12. The quantitative estimate of drug-likeness (QED) is 0.829. The molecule has 2 heterocycles. The van der Waals surface area contributed by atoms with Crippen LogP contribution >= 0.6 is 0 Å². The molecule has 2 N–H and O–H groups in total. The summed E-state index contributed by atoms with van der Waals surface area (Å²) >= 11 is 0. The highest BCUT2D eigenvalue weighted by Crippen LogP contribution is 2.17. The number of imidazole rings is 1. The molecule has 0 aromatic carbocycles. The van der Waals surface area contributed by atoms with Crippen molar-refractivity contribution in [2.45, 2.75) is 19.9 Å². The van der Waals surface area contributed by atoms with E-state index in [1.54, 1.807) is 19.3 Å². The number of rotatable bonds is 3. The molecule has 0 aliphatic rings. The van der Waals surface area contributed by atoms with Gasteiger partial charge in [-0.25, -0.2) is 19.3 Å². The van der Waals surface area contributed by atoms with Crippen molar-refractivity contribution in [1.82, 2.24) is 19.9 Å². The largest absolute Gasteiger partial charge is 0.358 e. The summed E-state index contributed by atoms with van der Waals surface area (Å²) in [5, 5.41) is 2.93. The molecule has 0 bridgehead atoms. The van der Waals surface area contributed by atoms with Crippen LogP contribution in [-0.2, 0) is 0 Å². The number of halogens is 1. The SMILES string of the molecule is Cc1ncnc(NC(C)c2ncc[nH]2)c1F. The molecule has 0 spiro atoms. The van der Waals surface area contributed by atoms with Crippen molar-refractivity contribution in [3.05, 3.63) is 36.1 Å². The third-order valence-electron chi connectivity index (χ3n) is 2.25. The first-order valence-corrected chi connectivity index (χ1v) is 4.91. The molecule has 16 heavy (non-hydrogen) atoms. The lowest BCUT2D eigenvalue weighted by atomic mass is 10.3. The van der Waals surface area contributed by atoms with E-state index in [9.17, 15) is 4.39 Å². The maximum absolute atomic E-state index is 13.6. The van der Waals surface area contributed by atoms with Gasteiger partial charge in [-0.05, 0) is 13.8 Å². The number of nitrogens with one attached hydrogen (secondary N) is 2. The van der Waals surface area contributed by atoms with Crippen LogP contribution in [0.4, 0.5) is 10.2 Å². The van der Waals surface area contributed by atoms with Crippen molar-refractivity contribution < 1.29 is 4.39 Å². The first-order chi connectivity index (χ1) is 7.68. The Morgan fingerprint density at radius 2 is 2.19 bits per heavy atom. The Bertz CT molecular complexity index is 468. The van der Waals surface area contributed by atoms with Gasteiger partial charge in [-0.3, -0.25) is 0 Å². The van der Waals surface area contributed by atoms with Gasteiger partial charge >= 0.3 is 0 Å². The second kappa shape index (κ2) is 4.26. The van der Waals surface area contributed by atoms with Gasteiger partial charge in [-0.15, -0.1) is 0 Å². The lowest BCUT2D eigenvalue weighted by Crippen LogP contribution is -2.11. The summed E-state index contributed by atoms with van der Waals surface area (Å²) in [5.41, 5.74) is 0.323. The molecule has 0 saturated heterocycles. The topological polar surface area (TPSA) is 66.5 Å². The summed E-state index contributed by atoms with van der Waals surface area (Å²) in [6.07, 6.45) is 4.69. The number of aryl methyl sites for hydroxylation is 1. The van der Waals surface area contributed by atoms with E-state index >= 15 is 0 Å². The van der Waals surface area contributed by atoms with Crippen LogP contribution in [0.5, 0.6) is 0 Å². The summed E-state index contributed by atoms with van der Waals surface area (Å²) in [6.45, 7) is 3.47. The molecule has 84 valence electrons. The summed E-state index contributed by atoms with van der Waals surface area (Å²) < 4.78 is 13.6. The standard InChI is InChI=1S/C10H12FN5/c1-6-8(11)10(15-5-14-6)16-7(2)9-12-3-4-13-9/h3-5,7H,1-2H3,(H,12,13)(H,14,15,16). The molecule has 2 aromatic heterocycles. The third kappa shape index (κ3) is 2.00. The minimum absolute atomic E-state index is 0.140. The van der Waals surface area contributed by atoms with Gasteiger partial charge in [0.15, 0.2) is 11.6 Å². The normalized spacial score (nSPS) is 12.4. The number of aromatic nitrogens is 4. The maximum Gasteiger partial charge on any atom is 0.186 e. The Labute approximate surface area is 92.2 Å². The number of hydrogen-bond acceptors (Lipinski definition) is 4. The van der Waals surface area contributed by atoms with Gasteiger partial charge in [0, 0.05) is 12.4 Å². The van der Waals surface area contributed by atoms with Crippen molar-refractivity contribution in [2.24, 2.45) is 0 Å². The van der Waals surface area contributed by atoms with Gasteiger partial charge in [0.05, 0.1) is 11.7 Å². The number of nitrogens with zero attached hydrogens (tertiary/aromatic N) is 3. The smallest absolute Gasteiger partial charge is 0.186 e. The Hall–Kier alpha value is -1.98. The summed E-state index contributed by atoms with van der Waals surface area (Å²) in [4.78, 5) is 14.6. The fourth-order valence-electron chi connectivity index (χ4n) is 1.35. The Morgan fingerprint density at radius 3 is 2.88 bits per heavy atom. The van der Waals surface area contributed by atoms with E-state index in [-0.39, 0.29) is 11.9 Å². The zero-order valence-electron chi connectivity index (χ0n) is 9.03. The maximum atomic E-state index is 13.6. The van der Waals surface area contributed by atoms with Crippen LogP contribution in [0.15, 0.2) is 18.7 Å². The molecule has 1 atom stereocenters. The van der Waals surface area contributed by atoms with E-state index in [4.69, 9.17) is 0 Å². The molecule has 2 aromatic rings. The second-order valence-corrected chi connectivity index (χ2v) is 3.46. The second-order valence-electron chi connectivity index (χ2n) is 3.46. The zero-order valence-corrected chi connectivity index (χ0v) is 9.03. The van der Waals surface area contributed by atoms with Crippen molar-refractivity contribution in [3.63, 3.8) is 0 Å². The number of hydrogen-bond donors (Lipinski definition) is 2. The fraction of sp³-hybridized carbons (Fsp3) is 0.300. The van der Waals surface area contributed by atoms with Crippen molar-refractivity contribution in [3.8, 4) is 0 Å². The van der Waals surface area contributed by atoms with E-state index < -0.39 is 5.82 Å². The first kappa shape index (κ1) is 10.5. The molecule has 0 saturated carbocycles. The molecule has 1 unspecified atom stereocenters. The Kier molecular flexibility index (Phi) is 2.80. The van der Waals surface area contributed by atoms with E-state index in [2.05, 4.69) is 25.3 Å². The van der Waals surface area contributed by atoms with Crippen molar-refractivity contribution >= 4 is 5.82 Å². The monoisotopic (exact) mass is 221 g/mol. The molecule has 0 fully saturated rings. The molecular formula is C10H12FN5. The third-order valence-corrected chi connectivity index (χ3v) is 2.25. The van der Waals surface area contributed by atoms with Gasteiger partial charge in [0.25, 0.3) is 0 Å². The zero-order chi connectivity index (χ0) is 11.5. The lowest BCUT2D eigenvalue weighted by molar-refractivity contribution is 0.600. The fourth-order valence-corrected chi connectivity index (χ4v) is 1.35. The minimum Gasteiger partial charge on any atom is -0.358 e. The van der Waals surface area contributed by atoms with E-state index in [0.29, 0.717) is 5.69 Å². The van der Waals surface area contributed by atoms with E-state index in [0.717, 1.165) is 5.82 Å². The van der Waals surface area contributed by atoms with Crippen LogP contribution in [0, 0.1) is 12.7 Å². The Balaban J connectivity index is 2.18. The van der Waals surface area contributed by atoms with Crippen LogP contribution in [0.3, 0.4) is 0 Å². The molecule has 5 nitrogen and oxygen atoms in total. The Morgan fingerprint density at radius 1 is 1.38 bits per heavy atom. The molecule has 2 rings (SSSR count). The first-order valence-electron chi connectivity index (χ1n) is 4.91. The average Bonchev–Trinajstić information content (AvgIpc) is 2.78. The summed E-state index contributed by atoms with van der Waals surface area (Å²) in [5.74, 6) is 0.493. The number of H-pyrrole nitrogens is 1. The highest BCUT2D eigenvalue weighted by atomic mass is 19.1. The summed E-state index contributed by atoms with van der Waals surface area (Å²) in [7, 11) is 0. The molecule has 0 radical (unpaired) electrons. The molecule has 0 aliphatic carbocycles. The number of aromatic amines is 1. The van der Waals surface area contributed by atoms with Gasteiger partial charge in [-0.1, -0.05) is 0 Å². The highest BCUT2D eigenvalue weighted by molar-refractivity contribution is 5.38. The van der Waals surface area contributed by atoms with Crippen molar-refractivity contribution in [1.29, 1.82) is 0 Å². The average molecular weight is 221 g/mol. The van der Waals surface area contributed by atoms with Gasteiger partial charge in [0.2, 0.25) is 0 Å². The predicted octanol–water partition coefficient (Wildman–Crippen LogP) is 1.82. The van der Waals surface area contributed by atoms with Crippen molar-refractivity contribution in [2.75, 3.05) is 5.32 Å². The summed E-state index contributed by atoms with van der Waals surface area (Å²) in [6, 6.07) is -0.140. The van der Waals surface area contributed by atoms with Crippen LogP contribution in [0.1, 0.15) is 24.5 Å². The van der Waals surface area contributed by atoms with Crippen LogP contribution < -0.4 is 5.32 Å². The van der Waals surface area contributed by atoms with Gasteiger partial charge < -0.3 is 10.3 Å².